The fourth-order valence-corrected chi connectivity index (χ4v) is 1.80. The molecule has 1 aliphatic rings. The van der Waals surface area contributed by atoms with Crippen LogP contribution in [0, 0.1) is 0 Å². The van der Waals surface area contributed by atoms with Crippen LogP contribution in [-0.2, 0) is 0 Å². The van der Waals surface area contributed by atoms with E-state index in [1.807, 2.05) is 0 Å². The Morgan fingerprint density at radius 3 is 2.82 bits per heavy atom. The van der Waals surface area contributed by atoms with Crippen molar-refractivity contribution in [2.45, 2.75) is 0 Å². The number of hydrogen-bond donors (Lipinski definition) is 0. The third-order valence-corrected chi connectivity index (χ3v) is 2.60. The lowest BCUT2D eigenvalue weighted by molar-refractivity contribution is 0.112. The van der Waals surface area contributed by atoms with Crippen LogP contribution in [-0.4, -0.2) is 19.5 Å². The molecule has 86 valence electrons. The van der Waals surface area contributed by atoms with Crippen LogP contribution in [0.5, 0.6) is 11.5 Å². The lowest BCUT2D eigenvalue weighted by atomic mass is 10.1. The molecule has 1 aliphatic heterocycles. The molecule has 3 rings (SSSR count). The van der Waals surface area contributed by atoms with E-state index >= 15 is 0 Å². The Bertz CT molecular complexity index is 656. The van der Waals surface area contributed by atoms with E-state index in [1.54, 1.807) is 12.1 Å². The molecule has 5 nitrogen and oxygen atoms in total. The fourth-order valence-electron chi connectivity index (χ4n) is 1.80. The highest BCUT2D eigenvalue weighted by molar-refractivity contribution is 5.89. The first kappa shape index (κ1) is 9.89. The van der Waals surface area contributed by atoms with Gasteiger partial charge in [0.2, 0.25) is 11.2 Å². The van der Waals surface area contributed by atoms with Crippen LogP contribution in [0.2, 0.25) is 0 Å². The Morgan fingerprint density at radius 1 is 1.18 bits per heavy atom. The lowest BCUT2D eigenvalue weighted by Gasteiger charge is -2.18. The molecule has 0 bridgehead atoms. The molecule has 1 aromatic heterocycles. The summed E-state index contributed by atoms with van der Waals surface area (Å²) in [6.07, 6.45) is 1.61. The molecule has 0 radical (unpaired) electrons. The second-order valence-corrected chi connectivity index (χ2v) is 3.60. The van der Waals surface area contributed by atoms with Gasteiger partial charge in [0.1, 0.15) is 19.5 Å². The normalized spacial score (nSPS) is 13.6. The number of carbonyl (C=O) groups excluding carboxylic acids is 1. The van der Waals surface area contributed by atoms with Gasteiger partial charge in [-0.1, -0.05) is 0 Å². The first-order valence-corrected chi connectivity index (χ1v) is 5.10. The van der Waals surface area contributed by atoms with Gasteiger partial charge in [0.25, 0.3) is 0 Å². The molecule has 1 aromatic carbocycles. The number of rotatable bonds is 1. The van der Waals surface area contributed by atoms with Crippen LogP contribution >= 0.6 is 0 Å². The molecule has 2 heterocycles. The predicted molar refractivity (Wildman–Crippen MR) is 58.9 cm³/mol. The Labute approximate surface area is 95.6 Å². The van der Waals surface area contributed by atoms with E-state index in [0.29, 0.717) is 42.0 Å². The van der Waals surface area contributed by atoms with Gasteiger partial charge in [-0.3, -0.25) is 9.59 Å². The van der Waals surface area contributed by atoms with E-state index in [2.05, 4.69) is 0 Å². The molecule has 0 spiro atoms. The van der Waals surface area contributed by atoms with E-state index in [4.69, 9.17) is 13.9 Å². The summed E-state index contributed by atoms with van der Waals surface area (Å²) >= 11 is 0. The SMILES string of the molecule is O=Cc1coc2c3c(ccc2c1=O)OCCO3. The predicted octanol–water partition coefficient (Wildman–Crippen LogP) is 1.38. The van der Waals surface area contributed by atoms with Crippen molar-refractivity contribution in [3.05, 3.63) is 34.2 Å². The molecule has 0 aliphatic carbocycles. The minimum atomic E-state index is -0.363. The van der Waals surface area contributed by atoms with E-state index in [-0.39, 0.29) is 11.0 Å². The van der Waals surface area contributed by atoms with Crippen molar-refractivity contribution in [1.82, 2.24) is 0 Å². The van der Waals surface area contributed by atoms with Gasteiger partial charge < -0.3 is 13.9 Å². The molecular weight excluding hydrogens is 224 g/mol. The minimum absolute atomic E-state index is 0.00539. The first-order valence-electron chi connectivity index (χ1n) is 5.10. The van der Waals surface area contributed by atoms with Crippen molar-refractivity contribution in [2.75, 3.05) is 13.2 Å². The summed E-state index contributed by atoms with van der Waals surface area (Å²) in [5.41, 5.74) is -0.0507. The summed E-state index contributed by atoms with van der Waals surface area (Å²) in [7, 11) is 0. The Balaban J connectivity index is 2.38. The highest BCUT2D eigenvalue weighted by Crippen LogP contribution is 2.36. The third-order valence-electron chi connectivity index (χ3n) is 2.60. The van der Waals surface area contributed by atoms with Gasteiger partial charge in [0.05, 0.1) is 10.9 Å². The summed E-state index contributed by atoms with van der Waals surface area (Å²) in [6.45, 7) is 0.875. The number of carbonyl (C=O) groups is 1. The standard InChI is InChI=1S/C12H8O5/c13-5-7-6-17-11-8(10(7)14)1-2-9-12(11)16-4-3-15-9/h1-2,5-6H,3-4H2. The summed E-state index contributed by atoms with van der Waals surface area (Å²) in [6, 6.07) is 3.21. The number of ether oxygens (including phenoxy) is 2. The molecule has 0 amide bonds. The quantitative estimate of drug-likeness (QED) is 0.695. The van der Waals surface area contributed by atoms with Gasteiger partial charge in [-0.05, 0) is 12.1 Å². The van der Waals surface area contributed by atoms with Crippen molar-refractivity contribution < 1.29 is 18.7 Å². The zero-order chi connectivity index (χ0) is 11.8. The monoisotopic (exact) mass is 232 g/mol. The minimum Gasteiger partial charge on any atom is -0.486 e. The average molecular weight is 232 g/mol. The molecular formula is C12H8O5. The summed E-state index contributed by atoms with van der Waals surface area (Å²) in [4.78, 5) is 22.5. The molecule has 0 saturated heterocycles. The highest BCUT2D eigenvalue weighted by Gasteiger charge is 2.19. The molecule has 17 heavy (non-hydrogen) atoms. The van der Waals surface area contributed by atoms with E-state index < -0.39 is 0 Å². The topological polar surface area (TPSA) is 65.7 Å². The second-order valence-electron chi connectivity index (χ2n) is 3.60. The van der Waals surface area contributed by atoms with E-state index in [0.717, 1.165) is 6.26 Å². The second kappa shape index (κ2) is 3.62. The molecule has 0 saturated carbocycles. The van der Waals surface area contributed by atoms with E-state index in [1.165, 1.54) is 0 Å². The Kier molecular flexibility index (Phi) is 2.11. The molecule has 5 heteroatoms. The van der Waals surface area contributed by atoms with Crippen LogP contribution < -0.4 is 14.9 Å². The summed E-state index contributed by atoms with van der Waals surface area (Å²) in [5.74, 6) is 0.967. The van der Waals surface area contributed by atoms with Gasteiger partial charge in [-0.15, -0.1) is 0 Å². The third kappa shape index (κ3) is 1.39. The van der Waals surface area contributed by atoms with Crippen LogP contribution in [0.25, 0.3) is 11.0 Å². The average Bonchev–Trinajstić information content (AvgIpc) is 2.39. The number of aldehydes is 1. The van der Waals surface area contributed by atoms with Crippen LogP contribution in [0.3, 0.4) is 0 Å². The number of hydrogen-bond acceptors (Lipinski definition) is 5. The largest absolute Gasteiger partial charge is 0.486 e. The molecule has 0 unspecified atom stereocenters. The van der Waals surface area contributed by atoms with Crippen molar-refractivity contribution in [1.29, 1.82) is 0 Å². The van der Waals surface area contributed by atoms with Gasteiger partial charge in [0, 0.05) is 0 Å². The summed E-state index contributed by atoms with van der Waals surface area (Å²) < 4.78 is 16.1. The van der Waals surface area contributed by atoms with Crippen molar-refractivity contribution in [2.24, 2.45) is 0 Å². The zero-order valence-electron chi connectivity index (χ0n) is 8.76. The van der Waals surface area contributed by atoms with Crippen molar-refractivity contribution in [3.8, 4) is 11.5 Å². The molecule has 0 atom stereocenters. The van der Waals surface area contributed by atoms with Crippen LogP contribution in [0.4, 0.5) is 0 Å². The number of fused-ring (bicyclic) bond motifs is 3. The van der Waals surface area contributed by atoms with Crippen molar-refractivity contribution >= 4 is 17.3 Å². The van der Waals surface area contributed by atoms with Gasteiger partial charge in [0.15, 0.2) is 17.6 Å². The molecule has 2 aromatic rings. The van der Waals surface area contributed by atoms with E-state index in [9.17, 15) is 9.59 Å². The van der Waals surface area contributed by atoms with Crippen LogP contribution in [0.15, 0.2) is 27.6 Å². The van der Waals surface area contributed by atoms with Crippen molar-refractivity contribution in [3.63, 3.8) is 0 Å². The smallest absolute Gasteiger partial charge is 0.205 e. The highest BCUT2D eigenvalue weighted by atomic mass is 16.6. The lowest BCUT2D eigenvalue weighted by Crippen LogP contribution is -2.16. The Hall–Kier alpha value is -2.30. The maximum Gasteiger partial charge on any atom is 0.205 e. The molecule has 0 N–H and O–H groups in total. The zero-order valence-corrected chi connectivity index (χ0v) is 8.76. The van der Waals surface area contributed by atoms with Gasteiger partial charge in [-0.2, -0.15) is 0 Å². The summed E-state index contributed by atoms with van der Waals surface area (Å²) in [5, 5.41) is 0.318. The first-order chi connectivity index (χ1) is 8.31. The maximum atomic E-state index is 11.9. The van der Waals surface area contributed by atoms with Crippen LogP contribution in [0.1, 0.15) is 10.4 Å². The number of benzene rings is 1. The van der Waals surface area contributed by atoms with Gasteiger partial charge >= 0.3 is 0 Å². The van der Waals surface area contributed by atoms with Gasteiger partial charge in [-0.25, -0.2) is 0 Å². The maximum absolute atomic E-state index is 11.9. The Morgan fingerprint density at radius 2 is 2.00 bits per heavy atom. The fraction of sp³-hybridized carbons (Fsp3) is 0.167. The molecule has 0 fully saturated rings.